The average molecular weight is 757 g/mol. The Morgan fingerprint density at radius 1 is 0.362 bits per heavy atom. The van der Waals surface area contributed by atoms with Gasteiger partial charge in [-0.25, -0.2) is 15.0 Å². The minimum absolute atomic E-state index is 0.508. The summed E-state index contributed by atoms with van der Waals surface area (Å²) in [6.07, 6.45) is 0. The zero-order chi connectivity index (χ0) is 38.6. The van der Waals surface area contributed by atoms with Gasteiger partial charge in [0.05, 0.1) is 17.0 Å². The second-order valence-electron chi connectivity index (χ2n) is 14.7. The van der Waals surface area contributed by atoms with Crippen LogP contribution < -0.4 is 0 Å². The minimum atomic E-state index is -0.508. The molecule has 270 valence electrons. The van der Waals surface area contributed by atoms with E-state index >= 15 is 0 Å². The molecule has 2 heterocycles. The van der Waals surface area contributed by atoms with Crippen LogP contribution in [0.5, 0.6) is 0 Å². The van der Waals surface area contributed by atoms with E-state index in [1.54, 1.807) is 0 Å². The van der Waals surface area contributed by atoms with E-state index in [-0.39, 0.29) is 0 Å². The van der Waals surface area contributed by atoms with Crippen molar-refractivity contribution in [1.82, 2.24) is 15.0 Å². The predicted octanol–water partition coefficient (Wildman–Crippen LogP) is 12.9. The summed E-state index contributed by atoms with van der Waals surface area (Å²) in [5, 5.41) is 10.1. The van der Waals surface area contributed by atoms with Gasteiger partial charge in [-0.15, -0.1) is 0 Å². The van der Waals surface area contributed by atoms with Gasteiger partial charge in [0.15, 0.2) is 17.5 Å². The molecule has 0 atom stereocenters. The lowest BCUT2D eigenvalue weighted by Gasteiger charge is -2.39. The highest BCUT2D eigenvalue weighted by Gasteiger charge is 2.50. The fourth-order valence-corrected chi connectivity index (χ4v) is 9.98. The monoisotopic (exact) mass is 756 g/mol. The Kier molecular flexibility index (Phi) is 7.99. The molecule has 0 saturated carbocycles. The van der Waals surface area contributed by atoms with Gasteiger partial charge in [-0.05, 0) is 92.0 Å². The molecule has 8 aromatic carbocycles. The summed E-state index contributed by atoms with van der Waals surface area (Å²) in [5.74, 6) is 1.85. The quantitative estimate of drug-likeness (QED) is 0.175. The van der Waals surface area contributed by atoms with Crippen LogP contribution in [0.3, 0.4) is 0 Å². The summed E-state index contributed by atoms with van der Waals surface area (Å²) < 4.78 is 0. The Labute approximate surface area is 341 Å². The van der Waals surface area contributed by atoms with Crippen LogP contribution in [0.1, 0.15) is 27.8 Å². The van der Waals surface area contributed by atoms with Gasteiger partial charge < -0.3 is 0 Å². The molecule has 1 spiro atoms. The van der Waals surface area contributed by atoms with Gasteiger partial charge in [0.25, 0.3) is 0 Å². The molecule has 0 radical (unpaired) electrons. The average Bonchev–Trinajstić information content (AvgIpc) is 3.58. The molecular weight excluding hydrogens is 725 g/mol. The molecule has 58 heavy (non-hydrogen) atoms. The number of hydrogen-bond acceptors (Lipinski definition) is 5. The zero-order valence-electron chi connectivity index (χ0n) is 31.2. The number of nitrogens with zero attached hydrogens (tertiary/aromatic N) is 4. The number of rotatable bonds is 5. The number of hydrogen-bond donors (Lipinski definition) is 0. The van der Waals surface area contributed by atoms with Gasteiger partial charge in [-0.2, -0.15) is 5.26 Å². The van der Waals surface area contributed by atoms with Crippen molar-refractivity contribution in [1.29, 1.82) is 5.26 Å². The Bertz CT molecular complexity index is 3050. The third kappa shape index (κ3) is 5.42. The van der Waals surface area contributed by atoms with Gasteiger partial charge in [0.1, 0.15) is 0 Å². The molecule has 0 N–H and O–H groups in total. The van der Waals surface area contributed by atoms with Gasteiger partial charge in [-0.1, -0.05) is 169 Å². The van der Waals surface area contributed by atoms with Crippen molar-refractivity contribution < 1.29 is 0 Å². The van der Waals surface area contributed by atoms with Crippen LogP contribution >= 0.6 is 11.8 Å². The van der Waals surface area contributed by atoms with Crippen LogP contribution in [0.15, 0.2) is 204 Å². The minimum Gasteiger partial charge on any atom is -0.208 e. The molecule has 0 unspecified atom stereocenters. The zero-order valence-corrected chi connectivity index (χ0v) is 32.0. The first-order chi connectivity index (χ1) is 28.7. The lowest BCUT2D eigenvalue weighted by molar-refractivity contribution is 0.722. The maximum absolute atomic E-state index is 10.1. The van der Waals surface area contributed by atoms with E-state index in [9.17, 15) is 5.26 Å². The van der Waals surface area contributed by atoms with Crippen LogP contribution in [-0.2, 0) is 5.41 Å². The van der Waals surface area contributed by atoms with Crippen molar-refractivity contribution in [3.63, 3.8) is 0 Å². The first-order valence-corrected chi connectivity index (χ1v) is 20.1. The van der Waals surface area contributed by atoms with E-state index in [0.29, 0.717) is 23.0 Å². The lowest BCUT2D eigenvalue weighted by atomic mass is 9.67. The molecule has 4 nitrogen and oxygen atoms in total. The van der Waals surface area contributed by atoms with Crippen LogP contribution in [0.2, 0.25) is 0 Å². The Hall–Kier alpha value is -7.39. The van der Waals surface area contributed by atoms with Crippen molar-refractivity contribution in [2.24, 2.45) is 0 Å². The van der Waals surface area contributed by atoms with Crippen molar-refractivity contribution in [2.75, 3.05) is 0 Å². The van der Waals surface area contributed by atoms with Crippen LogP contribution in [0, 0.1) is 11.3 Å². The van der Waals surface area contributed by atoms with Crippen LogP contribution in [0.25, 0.3) is 67.5 Å². The smallest absolute Gasteiger partial charge is 0.164 e. The fourth-order valence-electron chi connectivity index (χ4n) is 8.79. The molecule has 5 heteroatoms. The van der Waals surface area contributed by atoms with Crippen molar-refractivity contribution in [3.05, 3.63) is 222 Å². The molecule has 9 aromatic rings. The second-order valence-corrected chi connectivity index (χ2v) is 15.8. The maximum atomic E-state index is 10.1. The summed E-state index contributed by atoms with van der Waals surface area (Å²) in [4.78, 5) is 17.6. The van der Waals surface area contributed by atoms with Gasteiger partial charge in [0, 0.05) is 26.5 Å². The molecule has 2 aliphatic rings. The van der Waals surface area contributed by atoms with Crippen molar-refractivity contribution in [2.45, 2.75) is 15.2 Å². The highest BCUT2D eigenvalue weighted by Crippen LogP contribution is 2.62. The normalized spacial score (nSPS) is 12.9. The predicted molar refractivity (Wildman–Crippen MR) is 233 cm³/mol. The molecular formula is C53H32N4S. The molecule has 1 aliphatic carbocycles. The van der Waals surface area contributed by atoms with Crippen LogP contribution in [-0.4, -0.2) is 15.0 Å². The fraction of sp³-hybridized carbons (Fsp3) is 0.0189. The first kappa shape index (κ1) is 33.9. The standard InChI is InChI=1S/C53H32N4S/c54-33-34-22-28-44-42(30-34)43-32-40(27-29-45(43)53(44)46-18-7-9-20-48(46)58-49-21-10-8-19-47(49)53)39-16-11-17-41(31-39)52-56-50(37-14-5-2-6-15-37)55-51(57-52)38-25-23-36(24-26-38)35-12-3-1-4-13-35/h1-32H. The summed E-state index contributed by atoms with van der Waals surface area (Å²) in [6, 6.07) is 70.4. The highest BCUT2D eigenvalue weighted by atomic mass is 32.2. The molecule has 0 saturated heterocycles. The molecule has 0 amide bonds. The number of fused-ring (bicyclic) bond motifs is 9. The van der Waals surface area contributed by atoms with Gasteiger partial charge in [-0.3, -0.25) is 0 Å². The molecule has 0 bridgehead atoms. The summed E-state index contributed by atoms with van der Waals surface area (Å²) in [6.45, 7) is 0. The topological polar surface area (TPSA) is 62.5 Å². The van der Waals surface area contributed by atoms with E-state index in [4.69, 9.17) is 15.0 Å². The third-order valence-electron chi connectivity index (χ3n) is 11.4. The third-order valence-corrected chi connectivity index (χ3v) is 12.6. The highest BCUT2D eigenvalue weighted by molar-refractivity contribution is 7.99. The molecule has 1 aromatic heterocycles. The Morgan fingerprint density at radius 2 is 0.810 bits per heavy atom. The second kappa shape index (κ2) is 13.7. The van der Waals surface area contributed by atoms with Crippen molar-refractivity contribution in [3.8, 4) is 73.6 Å². The molecule has 1 aliphatic heterocycles. The largest absolute Gasteiger partial charge is 0.208 e. The summed E-state index contributed by atoms with van der Waals surface area (Å²) in [5.41, 5.74) is 14.5. The van der Waals surface area contributed by atoms with E-state index < -0.39 is 5.41 Å². The summed E-state index contributed by atoms with van der Waals surface area (Å²) in [7, 11) is 0. The Balaban J connectivity index is 1.05. The maximum Gasteiger partial charge on any atom is 0.164 e. The molecule has 11 rings (SSSR count). The molecule has 0 fully saturated rings. The van der Waals surface area contributed by atoms with E-state index in [0.717, 1.165) is 50.1 Å². The van der Waals surface area contributed by atoms with E-state index in [1.807, 2.05) is 54.2 Å². The van der Waals surface area contributed by atoms with E-state index in [2.05, 4.69) is 158 Å². The van der Waals surface area contributed by atoms with Crippen LogP contribution in [0.4, 0.5) is 0 Å². The summed E-state index contributed by atoms with van der Waals surface area (Å²) >= 11 is 1.83. The van der Waals surface area contributed by atoms with Crippen molar-refractivity contribution >= 4 is 11.8 Å². The van der Waals surface area contributed by atoms with Gasteiger partial charge in [0.2, 0.25) is 0 Å². The number of aromatic nitrogens is 3. The Morgan fingerprint density at radius 3 is 1.47 bits per heavy atom. The lowest BCUT2D eigenvalue weighted by Crippen LogP contribution is -2.31. The van der Waals surface area contributed by atoms with Gasteiger partial charge >= 0.3 is 0 Å². The SMILES string of the molecule is N#Cc1ccc2c(c1)-c1cc(-c3cccc(-c4nc(-c5ccccc5)nc(-c5ccc(-c6ccccc6)cc5)n4)c3)ccc1C21c2ccccc2Sc2ccccc21. The number of benzene rings is 8. The van der Waals surface area contributed by atoms with E-state index in [1.165, 1.54) is 32.0 Å². The number of nitriles is 1. The first-order valence-electron chi connectivity index (χ1n) is 19.3.